The Bertz CT molecular complexity index is 545. The standard InChI is InChI=1S/C17H21NOS/c1-4-14-5-7-16(8-6-14)17(19)13(2)18(3)11-15-9-10-20-12-15/h5-10,12-13H,4,11H2,1-3H3. The normalized spacial score (nSPS) is 12.6. The highest BCUT2D eigenvalue weighted by Gasteiger charge is 2.19. The quantitative estimate of drug-likeness (QED) is 0.748. The maximum absolute atomic E-state index is 12.5. The fourth-order valence-corrected chi connectivity index (χ4v) is 2.81. The Morgan fingerprint density at radius 3 is 2.45 bits per heavy atom. The van der Waals surface area contributed by atoms with E-state index in [-0.39, 0.29) is 11.8 Å². The van der Waals surface area contributed by atoms with Crippen LogP contribution in [0.1, 0.15) is 35.3 Å². The van der Waals surface area contributed by atoms with Gasteiger partial charge in [0.05, 0.1) is 6.04 Å². The van der Waals surface area contributed by atoms with Gasteiger partial charge in [0, 0.05) is 12.1 Å². The molecule has 1 atom stereocenters. The van der Waals surface area contributed by atoms with E-state index in [0.29, 0.717) is 0 Å². The third-order valence-corrected chi connectivity index (χ3v) is 4.43. The van der Waals surface area contributed by atoms with Crippen LogP contribution in [0.3, 0.4) is 0 Å². The minimum Gasteiger partial charge on any atom is -0.292 e. The van der Waals surface area contributed by atoms with Gasteiger partial charge in [0.25, 0.3) is 0 Å². The van der Waals surface area contributed by atoms with Crippen molar-refractivity contribution in [2.24, 2.45) is 0 Å². The van der Waals surface area contributed by atoms with Crippen molar-refractivity contribution in [3.63, 3.8) is 0 Å². The van der Waals surface area contributed by atoms with E-state index in [4.69, 9.17) is 0 Å². The molecule has 0 saturated heterocycles. The van der Waals surface area contributed by atoms with Crippen molar-refractivity contribution in [3.8, 4) is 0 Å². The van der Waals surface area contributed by atoms with Gasteiger partial charge in [-0.2, -0.15) is 11.3 Å². The van der Waals surface area contributed by atoms with Crippen molar-refractivity contribution in [1.29, 1.82) is 0 Å². The van der Waals surface area contributed by atoms with Gasteiger partial charge in [0.15, 0.2) is 5.78 Å². The van der Waals surface area contributed by atoms with Gasteiger partial charge in [-0.25, -0.2) is 0 Å². The first kappa shape index (κ1) is 14.9. The molecular formula is C17H21NOS. The lowest BCUT2D eigenvalue weighted by atomic mass is 10.0. The van der Waals surface area contributed by atoms with Crippen LogP contribution in [0.25, 0.3) is 0 Å². The second kappa shape index (κ2) is 6.82. The number of aryl methyl sites for hydroxylation is 1. The van der Waals surface area contributed by atoms with Crippen molar-refractivity contribution in [1.82, 2.24) is 4.90 Å². The van der Waals surface area contributed by atoms with Crippen LogP contribution in [0.2, 0.25) is 0 Å². The lowest BCUT2D eigenvalue weighted by Gasteiger charge is -2.23. The van der Waals surface area contributed by atoms with Gasteiger partial charge in [-0.1, -0.05) is 31.2 Å². The number of hydrogen-bond acceptors (Lipinski definition) is 3. The smallest absolute Gasteiger partial charge is 0.179 e. The van der Waals surface area contributed by atoms with Crippen LogP contribution in [-0.4, -0.2) is 23.8 Å². The topological polar surface area (TPSA) is 20.3 Å². The fraction of sp³-hybridized carbons (Fsp3) is 0.353. The highest BCUT2D eigenvalue weighted by molar-refractivity contribution is 7.07. The zero-order valence-corrected chi connectivity index (χ0v) is 13.1. The number of ketones is 1. The van der Waals surface area contributed by atoms with E-state index in [9.17, 15) is 4.79 Å². The molecule has 106 valence electrons. The van der Waals surface area contributed by atoms with E-state index in [1.54, 1.807) is 11.3 Å². The van der Waals surface area contributed by atoms with Crippen molar-refractivity contribution >= 4 is 17.1 Å². The third-order valence-electron chi connectivity index (χ3n) is 3.70. The van der Waals surface area contributed by atoms with E-state index in [1.807, 2.05) is 38.2 Å². The highest BCUT2D eigenvalue weighted by atomic mass is 32.1. The number of benzene rings is 1. The number of Topliss-reactive ketones (excluding diaryl/α,β-unsaturated/α-hetero) is 1. The van der Waals surface area contributed by atoms with Gasteiger partial charge in [-0.15, -0.1) is 0 Å². The number of thiophene rings is 1. The van der Waals surface area contributed by atoms with Crippen LogP contribution < -0.4 is 0 Å². The SMILES string of the molecule is CCc1ccc(C(=O)C(C)N(C)Cc2ccsc2)cc1. The molecular weight excluding hydrogens is 266 g/mol. The summed E-state index contributed by atoms with van der Waals surface area (Å²) in [5.41, 5.74) is 3.33. The largest absolute Gasteiger partial charge is 0.292 e. The molecule has 0 aliphatic rings. The van der Waals surface area contributed by atoms with E-state index in [0.717, 1.165) is 18.5 Å². The highest BCUT2D eigenvalue weighted by Crippen LogP contribution is 2.14. The first-order valence-corrected chi connectivity index (χ1v) is 7.90. The maximum Gasteiger partial charge on any atom is 0.179 e. The Hall–Kier alpha value is -1.45. The lowest BCUT2D eigenvalue weighted by Crippen LogP contribution is -2.35. The number of carbonyl (C=O) groups is 1. The summed E-state index contributed by atoms with van der Waals surface area (Å²) < 4.78 is 0. The molecule has 0 aliphatic carbocycles. The van der Waals surface area contributed by atoms with Gasteiger partial charge >= 0.3 is 0 Å². The lowest BCUT2D eigenvalue weighted by molar-refractivity contribution is 0.0862. The second-order valence-electron chi connectivity index (χ2n) is 5.14. The molecule has 0 radical (unpaired) electrons. The van der Waals surface area contributed by atoms with E-state index >= 15 is 0 Å². The summed E-state index contributed by atoms with van der Waals surface area (Å²) in [4.78, 5) is 14.6. The summed E-state index contributed by atoms with van der Waals surface area (Å²) in [5, 5.41) is 4.20. The van der Waals surface area contributed by atoms with Gasteiger partial charge < -0.3 is 0 Å². The molecule has 0 amide bonds. The number of rotatable bonds is 6. The minimum absolute atomic E-state index is 0.109. The molecule has 1 aromatic carbocycles. The number of carbonyl (C=O) groups excluding carboxylic acids is 1. The van der Waals surface area contributed by atoms with Gasteiger partial charge in [0.1, 0.15) is 0 Å². The van der Waals surface area contributed by atoms with Crippen molar-refractivity contribution in [2.45, 2.75) is 32.9 Å². The van der Waals surface area contributed by atoms with Crippen LogP contribution in [0, 0.1) is 0 Å². The predicted molar refractivity (Wildman–Crippen MR) is 85.4 cm³/mol. The van der Waals surface area contributed by atoms with Crippen LogP contribution >= 0.6 is 11.3 Å². The zero-order chi connectivity index (χ0) is 14.5. The number of nitrogens with zero attached hydrogens (tertiary/aromatic N) is 1. The predicted octanol–water partition coefficient (Wildman–Crippen LogP) is 4.01. The summed E-state index contributed by atoms with van der Waals surface area (Å²) in [6.07, 6.45) is 1.00. The van der Waals surface area contributed by atoms with Crippen molar-refractivity contribution < 1.29 is 4.79 Å². The van der Waals surface area contributed by atoms with E-state index in [1.165, 1.54) is 11.1 Å². The molecule has 1 unspecified atom stereocenters. The van der Waals surface area contributed by atoms with Gasteiger partial charge in [-0.05, 0) is 48.3 Å². The molecule has 0 aliphatic heterocycles. The first-order chi connectivity index (χ1) is 9.61. The second-order valence-corrected chi connectivity index (χ2v) is 5.92. The summed E-state index contributed by atoms with van der Waals surface area (Å²) in [5.74, 6) is 0.186. The van der Waals surface area contributed by atoms with Crippen LogP contribution in [0.4, 0.5) is 0 Å². The maximum atomic E-state index is 12.5. The fourth-order valence-electron chi connectivity index (χ4n) is 2.15. The van der Waals surface area contributed by atoms with Gasteiger partial charge in [0.2, 0.25) is 0 Å². The number of hydrogen-bond donors (Lipinski definition) is 0. The molecule has 3 heteroatoms. The summed E-state index contributed by atoms with van der Waals surface area (Å²) in [6.45, 7) is 4.90. The van der Waals surface area contributed by atoms with E-state index in [2.05, 4.69) is 28.7 Å². The number of likely N-dealkylation sites (N-methyl/N-ethyl adjacent to an activating group) is 1. The summed E-state index contributed by atoms with van der Waals surface area (Å²) in [7, 11) is 2.00. The van der Waals surface area contributed by atoms with Crippen molar-refractivity contribution in [2.75, 3.05) is 7.05 Å². The average molecular weight is 287 g/mol. The first-order valence-electron chi connectivity index (χ1n) is 6.96. The van der Waals surface area contributed by atoms with Crippen molar-refractivity contribution in [3.05, 3.63) is 57.8 Å². The molecule has 1 heterocycles. The zero-order valence-electron chi connectivity index (χ0n) is 12.3. The Morgan fingerprint density at radius 1 is 1.20 bits per heavy atom. The molecule has 0 bridgehead atoms. The molecule has 0 saturated carbocycles. The molecule has 0 spiro atoms. The molecule has 2 rings (SSSR count). The monoisotopic (exact) mass is 287 g/mol. The van der Waals surface area contributed by atoms with Crippen LogP contribution in [0.5, 0.6) is 0 Å². The average Bonchev–Trinajstić information content (AvgIpc) is 2.98. The Labute approximate surface area is 125 Å². The molecule has 20 heavy (non-hydrogen) atoms. The van der Waals surface area contributed by atoms with Gasteiger partial charge in [-0.3, -0.25) is 9.69 Å². The molecule has 2 nitrogen and oxygen atoms in total. The van der Waals surface area contributed by atoms with Crippen LogP contribution in [-0.2, 0) is 13.0 Å². The minimum atomic E-state index is -0.109. The van der Waals surface area contributed by atoms with Crippen LogP contribution in [0.15, 0.2) is 41.1 Å². The summed E-state index contributed by atoms with van der Waals surface area (Å²) >= 11 is 1.69. The molecule has 2 aromatic rings. The Morgan fingerprint density at radius 2 is 1.90 bits per heavy atom. The molecule has 0 fully saturated rings. The molecule has 1 aromatic heterocycles. The molecule has 0 N–H and O–H groups in total. The Kier molecular flexibility index (Phi) is 5.10. The third kappa shape index (κ3) is 3.56. The Balaban J connectivity index is 2.03. The summed E-state index contributed by atoms with van der Waals surface area (Å²) in [6, 6.07) is 9.96. The van der Waals surface area contributed by atoms with E-state index < -0.39 is 0 Å².